The summed E-state index contributed by atoms with van der Waals surface area (Å²) in [6, 6.07) is 18.4. The Morgan fingerprint density at radius 1 is 0.926 bits per heavy atom. The molecule has 0 aromatic heterocycles. The average molecular weight is 363 g/mol. The van der Waals surface area contributed by atoms with E-state index in [1.165, 1.54) is 6.92 Å². The molecule has 0 bridgehead atoms. The first-order valence-corrected chi connectivity index (χ1v) is 8.63. The smallest absolute Gasteiger partial charge is 0.318 e. The van der Waals surface area contributed by atoms with Crippen LogP contribution in [0.2, 0.25) is 0 Å². The van der Waals surface area contributed by atoms with Crippen molar-refractivity contribution in [2.45, 2.75) is 19.8 Å². The maximum Gasteiger partial charge on any atom is 0.318 e. The number of methoxy groups -OCH3 is 1. The molecule has 0 aliphatic rings. The van der Waals surface area contributed by atoms with E-state index in [2.05, 4.69) is 5.32 Å². The predicted molar refractivity (Wildman–Crippen MR) is 105 cm³/mol. The van der Waals surface area contributed by atoms with E-state index in [1.54, 1.807) is 31.4 Å². The van der Waals surface area contributed by atoms with Crippen LogP contribution in [0, 0.1) is 0 Å². The molecule has 3 aromatic rings. The molecular weight excluding hydrogens is 342 g/mol. The molecule has 0 aliphatic heterocycles. The van der Waals surface area contributed by atoms with E-state index in [0.29, 0.717) is 11.4 Å². The maximum atomic E-state index is 12.6. The molecule has 0 fully saturated rings. The van der Waals surface area contributed by atoms with Gasteiger partial charge in [-0.2, -0.15) is 0 Å². The zero-order chi connectivity index (χ0) is 19.4. The van der Waals surface area contributed by atoms with E-state index in [0.717, 1.165) is 22.1 Å². The Hall–Kier alpha value is -3.34. The van der Waals surface area contributed by atoms with Gasteiger partial charge >= 0.3 is 5.97 Å². The monoisotopic (exact) mass is 363 g/mol. The van der Waals surface area contributed by atoms with Crippen LogP contribution in [0.5, 0.6) is 11.5 Å². The molecule has 0 saturated carbocycles. The van der Waals surface area contributed by atoms with Crippen LogP contribution >= 0.6 is 0 Å². The molecular formula is C22H21NO4. The van der Waals surface area contributed by atoms with Crippen molar-refractivity contribution in [1.29, 1.82) is 0 Å². The fourth-order valence-corrected chi connectivity index (χ4v) is 2.82. The highest BCUT2D eigenvalue weighted by molar-refractivity contribution is 5.89. The minimum absolute atomic E-state index is 0.181. The van der Waals surface area contributed by atoms with Gasteiger partial charge in [0.15, 0.2) is 0 Å². The van der Waals surface area contributed by atoms with Gasteiger partial charge in [0, 0.05) is 18.7 Å². The molecule has 0 heterocycles. The third-order valence-corrected chi connectivity index (χ3v) is 4.30. The number of carbonyl (C=O) groups is 2. The number of nitrogens with one attached hydrogen (secondary N) is 1. The van der Waals surface area contributed by atoms with Gasteiger partial charge in [-0.1, -0.05) is 30.3 Å². The van der Waals surface area contributed by atoms with Gasteiger partial charge < -0.3 is 14.8 Å². The summed E-state index contributed by atoms with van der Waals surface area (Å²) in [5, 5.41) is 4.74. The molecule has 5 nitrogen and oxygen atoms in total. The SMILES string of the molecule is COc1ccc2cc([C@@H](C)C(=O)Oc3cccc(NC(C)=O)c3)ccc2c1. The molecule has 5 heteroatoms. The first kappa shape index (κ1) is 18.5. The fourth-order valence-electron chi connectivity index (χ4n) is 2.82. The Kier molecular flexibility index (Phi) is 5.41. The summed E-state index contributed by atoms with van der Waals surface area (Å²) in [5.74, 6) is 0.216. The molecule has 3 rings (SSSR count). The van der Waals surface area contributed by atoms with Crippen molar-refractivity contribution in [1.82, 2.24) is 0 Å². The van der Waals surface area contributed by atoms with Gasteiger partial charge in [-0.05, 0) is 47.5 Å². The average Bonchev–Trinajstić information content (AvgIpc) is 2.66. The lowest BCUT2D eigenvalue weighted by molar-refractivity contribution is -0.135. The topological polar surface area (TPSA) is 64.6 Å². The molecule has 3 aromatic carbocycles. The zero-order valence-electron chi connectivity index (χ0n) is 15.5. The third kappa shape index (κ3) is 4.44. The highest BCUT2D eigenvalue weighted by Gasteiger charge is 2.18. The summed E-state index contributed by atoms with van der Waals surface area (Å²) < 4.78 is 10.7. The van der Waals surface area contributed by atoms with Crippen LogP contribution in [-0.2, 0) is 9.59 Å². The number of hydrogen-bond acceptors (Lipinski definition) is 4. The Labute approximate surface area is 157 Å². The van der Waals surface area contributed by atoms with Crippen molar-refractivity contribution < 1.29 is 19.1 Å². The molecule has 1 N–H and O–H groups in total. The maximum absolute atomic E-state index is 12.6. The van der Waals surface area contributed by atoms with Gasteiger partial charge in [-0.3, -0.25) is 9.59 Å². The Morgan fingerprint density at radius 2 is 1.67 bits per heavy atom. The van der Waals surface area contributed by atoms with Crippen molar-refractivity contribution in [3.05, 3.63) is 66.2 Å². The highest BCUT2D eigenvalue weighted by Crippen LogP contribution is 2.27. The van der Waals surface area contributed by atoms with Gasteiger partial charge in [0.25, 0.3) is 0 Å². The fraction of sp³-hybridized carbons (Fsp3) is 0.182. The first-order valence-electron chi connectivity index (χ1n) is 8.63. The number of carbonyl (C=O) groups excluding carboxylic acids is 2. The summed E-state index contributed by atoms with van der Waals surface area (Å²) in [4.78, 5) is 23.7. The number of rotatable bonds is 5. The summed E-state index contributed by atoms with van der Waals surface area (Å²) in [7, 11) is 1.63. The van der Waals surface area contributed by atoms with Gasteiger partial charge in [-0.15, -0.1) is 0 Å². The van der Waals surface area contributed by atoms with Crippen LogP contribution in [0.15, 0.2) is 60.7 Å². The number of fused-ring (bicyclic) bond motifs is 1. The summed E-state index contributed by atoms with van der Waals surface area (Å²) in [6.07, 6.45) is 0. The number of esters is 1. The molecule has 0 unspecified atom stereocenters. The number of ether oxygens (including phenoxy) is 2. The zero-order valence-corrected chi connectivity index (χ0v) is 15.5. The minimum atomic E-state index is -0.430. The highest BCUT2D eigenvalue weighted by atomic mass is 16.5. The van der Waals surface area contributed by atoms with Gasteiger partial charge in [0.2, 0.25) is 5.91 Å². The lowest BCUT2D eigenvalue weighted by Gasteiger charge is -2.13. The molecule has 138 valence electrons. The van der Waals surface area contributed by atoms with Crippen molar-refractivity contribution in [3.63, 3.8) is 0 Å². The largest absolute Gasteiger partial charge is 0.497 e. The molecule has 1 amide bonds. The second-order valence-electron chi connectivity index (χ2n) is 6.32. The van der Waals surface area contributed by atoms with Crippen LogP contribution in [0.25, 0.3) is 10.8 Å². The normalized spacial score (nSPS) is 11.7. The number of hydrogen-bond donors (Lipinski definition) is 1. The molecule has 1 atom stereocenters. The van der Waals surface area contributed by atoms with Crippen molar-refractivity contribution in [2.75, 3.05) is 12.4 Å². The lowest BCUT2D eigenvalue weighted by Crippen LogP contribution is -2.16. The lowest BCUT2D eigenvalue weighted by atomic mass is 9.98. The summed E-state index contributed by atoms with van der Waals surface area (Å²) >= 11 is 0. The first-order chi connectivity index (χ1) is 13.0. The second kappa shape index (κ2) is 7.91. The van der Waals surface area contributed by atoms with Crippen LogP contribution in [0.3, 0.4) is 0 Å². The van der Waals surface area contributed by atoms with E-state index in [1.807, 2.05) is 43.3 Å². The van der Waals surface area contributed by atoms with Crippen molar-refractivity contribution in [2.24, 2.45) is 0 Å². The number of benzene rings is 3. The van der Waals surface area contributed by atoms with Gasteiger partial charge in [-0.25, -0.2) is 0 Å². The van der Waals surface area contributed by atoms with E-state index < -0.39 is 5.92 Å². The number of anilines is 1. The quantitative estimate of drug-likeness (QED) is 0.535. The summed E-state index contributed by atoms with van der Waals surface area (Å²) in [5.41, 5.74) is 1.45. The molecule has 0 spiro atoms. The van der Waals surface area contributed by atoms with E-state index in [-0.39, 0.29) is 11.9 Å². The summed E-state index contributed by atoms with van der Waals surface area (Å²) in [6.45, 7) is 3.24. The predicted octanol–water partition coefficient (Wildman–Crippen LogP) is 4.52. The van der Waals surface area contributed by atoms with Crippen LogP contribution in [0.4, 0.5) is 5.69 Å². The van der Waals surface area contributed by atoms with Gasteiger partial charge in [0.1, 0.15) is 11.5 Å². The Bertz CT molecular complexity index is 997. The molecule has 27 heavy (non-hydrogen) atoms. The van der Waals surface area contributed by atoms with Crippen LogP contribution in [0.1, 0.15) is 25.3 Å². The molecule has 0 saturated heterocycles. The third-order valence-electron chi connectivity index (χ3n) is 4.30. The number of amides is 1. The Balaban J connectivity index is 1.77. The van der Waals surface area contributed by atoms with Gasteiger partial charge in [0.05, 0.1) is 13.0 Å². The minimum Gasteiger partial charge on any atom is -0.497 e. The van der Waals surface area contributed by atoms with Crippen molar-refractivity contribution in [3.8, 4) is 11.5 Å². The molecule has 0 aliphatic carbocycles. The van der Waals surface area contributed by atoms with E-state index in [4.69, 9.17) is 9.47 Å². The van der Waals surface area contributed by atoms with Crippen molar-refractivity contribution >= 4 is 28.3 Å². The van der Waals surface area contributed by atoms with E-state index in [9.17, 15) is 9.59 Å². The Morgan fingerprint density at radius 3 is 2.41 bits per heavy atom. The molecule has 0 radical (unpaired) electrons. The second-order valence-corrected chi connectivity index (χ2v) is 6.32. The standard InChI is InChI=1S/C22H21NO4/c1-14(16-7-8-18-12-20(26-3)10-9-17(18)11-16)22(25)27-21-6-4-5-19(13-21)23-15(2)24/h4-14H,1-3H3,(H,23,24)/t14-/m1/s1. The van der Waals surface area contributed by atoms with E-state index >= 15 is 0 Å². The van der Waals surface area contributed by atoms with Crippen LogP contribution in [-0.4, -0.2) is 19.0 Å². The van der Waals surface area contributed by atoms with Crippen LogP contribution < -0.4 is 14.8 Å².